The molecule has 1 N–H and O–H groups in total. The van der Waals surface area contributed by atoms with Crippen molar-refractivity contribution in [2.75, 3.05) is 0 Å². The third-order valence-corrected chi connectivity index (χ3v) is 4.64. The van der Waals surface area contributed by atoms with Gasteiger partial charge in [0.2, 0.25) is 0 Å². The zero-order chi connectivity index (χ0) is 12.6. The molecule has 0 aromatic carbocycles. The van der Waals surface area contributed by atoms with Crippen LogP contribution in [0.4, 0.5) is 0 Å². The van der Waals surface area contributed by atoms with Crippen LogP contribution in [0.3, 0.4) is 0 Å². The summed E-state index contributed by atoms with van der Waals surface area (Å²) in [4.78, 5) is 4.86. The minimum absolute atomic E-state index is 0.0266. The van der Waals surface area contributed by atoms with E-state index in [-0.39, 0.29) is 22.3 Å². The van der Waals surface area contributed by atoms with Crippen molar-refractivity contribution in [3.63, 3.8) is 0 Å². The highest BCUT2D eigenvalue weighted by atomic mass is 17.1. The van der Waals surface area contributed by atoms with Gasteiger partial charge in [-0.05, 0) is 23.7 Å². The highest BCUT2D eigenvalue weighted by Gasteiger charge is 2.56. The molecule has 0 aromatic heterocycles. The Kier molecular flexibility index (Phi) is 3.76. The van der Waals surface area contributed by atoms with Gasteiger partial charge in [-0.3, -0.25) is 5.26 Å². The van der Waals surface area contributed by atoms with Crippen molar-refractivity contribution >= 4 is 0 Å². The maximum Gasteiger partial charge on any atom is 0.0993 e. The second kappa shape index (κ2) is 4.30. The molecule has 0 saturated heterocycles. The second-order valence-electron chi connectivity index (χ2n) is 7.31. The lowest BCUT2D eigenvalue weighted by molar-refractivity contribution is -0.337. The lowest BCUT2D eigenvalue weighted by Gasteiger charge is -2.58. The predicted molar refractivity (Wildman–Crippen MR) is 67.3 cm³/mol. The molecule has 1 saturated carbocycles. The van der Waals surface area contributed by atoms with Crippen LogP contribution in [0, 0.1) is 16.2 Å². The average Bonchev–Trinajstić information content (AvgIpc) is 2.14. The van der Waals surface area contributed by atoms with E-state index in [1.807, 2.05) is 0 Å². The molecule has 0 radical (unpaired) electrons. The molecular formula is C14H28O2. The SMILES string of the molecule is CC(C)(C)C1(C(C)(C)C)CCCCC1OO. The number of hydrogen-bond acceptors (Lipinski definition) is 2. The molecule has 1 atom stereocenters. The summed E-state index contributed by atoms with van der Waals surface area (Å²) in [6, 6.07) is 0. The van der Waals surface area contributed by atoms with Crippen molar-refractivity contribution in [3.05, 3.63) is 0 Å². The van der Waals surface area contributed by atoms with Crippen LogP contribution < -0.4 is 0 Å². The van der Waals surface area contributed by atoms with Gasteiger partial charge in [0.25, 0.3) is 0 Å². The summed E-state index contributed by atoms with van der Waals surface area (Å²) in [6.45, 7) is 13.6. The van der Waals surface area contributed by atoms with Crippen LogP contribution in [-0.2, 0) is 4.89 Å². The van der Waals surface area contributed by atoms with Crippen LogP contribution in [0.1, 0.15) is 67.2 Å². The van der Waals surface area contributed by atoms with Gasteiger partial charge in [-0.15, -0.1) is 0 Å². The van der Waals surface area contributed by atoms with E-state index >= 15 is 0 Å². The molecule has 1 unspecified atom stereocenters. The Morgan fingerprint density at radius 1 is 1.00 bits per heavy atom. The van der Waals surface area contributed by atoms with Gasteiger partial charge in [0, 0.05) is 5.41 Å². The first kappa shape index (κ1) is 14.0. The highest BCUT2D eigenvalue weighted by Crippen LogP contribution is 2.60. The summed E-state index contributed by atoms with van der Waals surface area (Å²) in [6.07, 6.45) is 4.50. The quantitative estimate of drug-likeness (QED) is 0.529. The molecule has 1 rings (SSSR count). The fourth-order valence-corrected chi connectivity index (χ4v) is 4.12. The van der Waals surface area contributed by atoms with E-state index in [4.69, 9.17) is 4.89 Å². The van der Waals surface area contributed by atoms with E-state index in [9.17, 15) is 5.26 Å². The van der Waals surface area contributed by atoms with Gasteiger partial charge in [0.1, 0.15) is 0 Å². The van der Waals surface area contributed by atoms with Gasteiger partial charge >= 0.3 is 0 Å². The largest absolute Gasteiger partial charge is 0.252 e. The molecule has 0 heterocycles. The summed E-state index contributed by atoms with van der Waals surface area (Å²) in [7, 11) is 0. The van der Waals surface area contributed by atoms with Gasteiger partial charge in [0.05, 0.1) is 6.10 Å². The number of rotatable bonds is 1. The van der Waals surface area contributed by atoms with E-state index in [1.54, 1.807) is 0 Å². The van der Waals surface area contributed by atoms with Gasteiger partial charge in [-0.1, -0.05) is 54.4 Å². The van der Waals surface area contributed by atoms with Gasteiger partial charge in [-0.2, -0.15) is 0 Å². The molecule has 1 fully saturated rings. The lowest BCUT2D eigenvalue weighted by atomic mass is 9.48. The van der Waals surface area contributed by atoms with E-state index in [0.717, 1.165) is 12.8 Å². The highest BCUT2D eigenvalue weighted by molar-refractivity contribution is 5.04. The Hall–Kier alpha value is -0.0800. The van der Waals surface area contributed by atoms with Crippen molar-refractivity contribution in [2.24, 2.45) is 16.2 Å². The zero-order valence-electron chi connectivity index (χ0n) is 11.8. The van der Waals surface area contributed by atoms with Crippen LogP contribution in [0.2, 0.25) is 0 Å². The normalized spacial score (nSPS) is 26.8. The van der Waals surface area contributed by atoms with E-state index in [2.05, 4.69) is 41.5 Å². The lowest BCUT2D eigenvalue weighted by Crippen LogP contribution is -2.56. The van der Waals surface area contributed by atoms with E-state index < -0.39 is 0 Å². The van der Waals surface area contributed by atoms with Crippen LogP contribution in [0.5, 0.6) is 0 Å². The fraction of sp³-hybridized carbons (Fsp3) is 1.00. The zero-order valence-corrected chi connectivity index (χ0v) is 11.8. The molecule has 96 valence electrons. The molecule has 0 spiro atoms. The van der Waals surface area contributed by atoms with Crippen molar-refractivity contribution in [1.82, 2.24) is 0 Å². The third kappa shape index (κ3) is 2.02. The Balaban J connectivity index is 3.21. The molecule has 0 aromatic rings. The standard InChI is InChI=1S/C14H28O2/c1-12(2,3)14(13(4,5)6)10-8-7-9-11(14)16-15/h11,15H,7-10H2,1-6H3. The predicted octanol–water partition coefficient (Wildman–Crippen LogP) is 4.50. The van der Waals surface area contributed by atoms with Crippen molar-refractivity contribution in [2.45, 2.75) is 73.3 Å². The van der Waals surface area contributed by atoms with Crippen molar-refractivity contribution in [3.8, 4) is 0 Å². The first-order chi connectivity index (χ1) is 7.17. The fourth-order valence-electron chi connectivity index (χ4n) is 4.12. The molecule has 0 amide bonds. The Morgan fingerprint density at radius 3 is 1.81 bits per heavy atom. The van der Waals surface area contributed by atoms with Crippen LogP contribution in [0.25, 0.3) is 0 Å². The Labute approximate surface area is 100 Å². The summed E-state index contributed by atoms with van der Waals surface area (Å²) >= 11 is 0. The van der Waals surface area contributed by atoms with Crippen molar-refractivity contribution in [1.29, 1.82) is 0 Å². The van der Waals surface area contributed by atoms with Crippen molar-refractivity contribution < 1.29 is 10.1 Å². The Bertz CT molecular complexity index is 218. The molecule has 1 aliphatic rings. The molecule has 0 aliphatic heterocycles. The smallest absolute Gasteiger partial charge is 0.0993 e. The van der Waals surface area contributed by atoms with Gasteiger partial charge in [0.15, 0.2) is 0 Å². The summed E-state index contributed by atoms with van der Waals surface area (Å²) < 4.78 is 0. The molecule has 0 bridgehead atoms. The maximum absolute atomic E-state index is 9.25. The monoisotopic (exact) mass is 228 g/mol. The first-order valence-electron chi connectivity index (χ1n) is 6.47. The third-order valence-electron chi connectivity index (χ3n) is 4.64. The molecule has 2 nitrogen and oxygen atoms in total. The minimum Gasteiger partial charge on any atom is -0.252 e. The van der Waals surface area contributed by atoms with Gasteiger partial charge < -0.3 is 0 Å². The first-order valence-corrected chi connectivity index (χ1v) is 6.47. The van der Waals surface area contributed by atoms with E-state index in [0.29, 0.717) is 0 Å². The number of hydrogen-bond donors (Lipinski definition) is 1. The van der Waals surface area contributed by atoms with Crippen LogP contribution >= 0.6 is 0 Å². The summed E-state index contributed by atoms with van der Waals surface area (Å²) in [5.74, 6) is 0. The second-order valence-corrected chi connectivity index (χ2v) is 7.31. The average molecular weight is 228 g/mol. The molecular weight excluding hydrogens is 200 g/mol. The summed E-state index contributed by atoms with van der Waals surface area (Å²) in [5.41, 5.74) is 0.325. The topological polar surface area (TPSA) is 29.5 Å². The summed E-state index contributed by atoms with van der Waals surface area (Å²) in [5, 5.41) is 9.25. The molecule has 1 aliphatic carbocycles. The van der Waals surface area contributed by atoms with E-state index in [1.165, 1.54) is 12.8 Å². The maximum atomic E-state index is 9.25. The van der Waals surface area contributed by atoms with Crippen LogP contribution in [0.15, 0.2) is 0 Å². The minimum atomic E-state index is -0.0266. The molecule has 2 heteroatoms. The van der Waals surface area contributed by atoms with Crippen LogP contribution in [-0.4, -0.2) is 11.4 Å². The van der Waals surface area contributed by atoms with Gasteiger partial charge in [-0.25, -0.2) is 4.89 Å². The Morgan fingerprint density at radius 2 is 1.50 bits per heavy atom. The molecule has 16 heavy (non-hydrogen) atoms.